The van der Waals surface area contributed by atoms with Gasteiger partial charge in [-0.2, -0.15) is 4.98 Å². The van der Waals surface area contributed by atoms with Crippen molar-refractivity contribution in [1.82, 2.24) is 15.0 Å². The molecule has 6 nitrogen and oxygen atoms in total. The van der Waals surface area contributed by atoms with Crippen LogP contribution < -0.4 is 4.74 Å². The van der Waals surface area contributed by atoms with Crippen LogP contribution in [0.25, 0.3) is 0 Å². The molecule has 0 amide bonds. The van der Waals surface area contributed by atoms with Crippen LogP contribution in [0, 0.1) is 6.92 Å². The van der Waals surface area contributed by atoms with Gasteiger partial charge in [0.25, 0.3) is 0 Å². The Hall–Kier alpha value is -2.21. The minimum Gasteiger partial charge on any atom is -0.477 e. The lowest BCUT2D eigenvalue weighted by Gasteiger charge is -2.05. The molecule has 1 N–H and O–H groups in total. The van der Waals surface area contributed by atoms with Crippen LogP contribution >= 0.6 is 11.6 Å². The van der Waals surface area contributed by atoms with Crippen molar-refractivity contribution in [3.05, 3.63) is 40.9 Å². The number of nitrogens with zero attached hydrogens (tertiary/aromatic N) is 3. The number of hydrogen-bond acceptors (Lipinski definition) is 5. The van der Waals surface area contributed by atoms with Crippen LogP contribution in [0.3, 0.4) is 0 Å². The van der Waals surface area contributed by atoms with E-state index >= 15 is 0 Å². The quantitative estimate of drug-likeness (QED) is 0.917. The Morgan fingerprint density at radius 3 is 2.78 bits per heavy atom. The highest BCUT2D eigenvalue weighted by molar-refractivity contribution is 6.30. The van der Waals surface area contributed by atoms with Gasteiger partial charge < -0.3 is 9.84 Å². The van der Waals surface area contributed by atoms with Gasteiger partial charge in [-0.3, -0.25) is 4.98 Å². The van der Waals surface area contributed by atoms with E-state index in [-0.39, 0.29) is 11.7 Å². The third kappa shape index (κ3) is 2.92. The van der Waals surface area contributed by atoms with Gasteiger partial charge in [-0.05, 0) is 13.0 Å². The van der Waals surface area contributed by atoms with Crippen molar-refractivity contribution in [2.24, 2.45) is 0 Å². The van der Waals surface area contributed by atoms with Crippen molar-refractivity contribution in [3.8, 4) is 11.8 Å². The zero-order valence-corrected chi connectivity index (χ0v) is 10.0. The number of halogens is 1. The lowest BCUT2D eigenvalue weighted by molar-refractivity contribution is 0.0689. The van der Waals surface area contributed by atoms with Crippen molar-refractivity contribution in [2.45, 2.75) is 6.92 Å². The second kappa shape index (κ2) is 4.97. The number of carboxylic acid groups (broad SMARTS) is 1. The molecular formula is C11H8ClN3O3. The molecule has 0 aliphatic heterocycles. The maximum absolute atomic E-state index is 10.8. The Labute approximate surface area is 107 Å². The van der Waals surface area contributed by atoms with E-state index < -0.39 is 5.97 Å². The summed E-state index contributed by atoms with van der Waals surface area (Å²) in [5.74, 6) is -0.806. The summed E-state index contributed by atoms with van der Waals surface area (Å²) in [4.78, 5) is 22.4. The van der Waals surface area contributed by atoms with Gasteiger partial charge in [0.05, 0.1) is 11.2 Å². The smallest absolute Gasteiger partial charge is 0.354 e. The van der Waals surface area contributed by atoms with Crippen LogP contribution in [0.15, 0.2) is 24.5 Å². The van der Waals surface area contributed by atoms with Crippen LogP contribution in [0.5, 0.6) is 11.8 Å². The molecule has 2 aromatic rings. The number of aromatic carboxylic acids is 1. The number of carboxylic acids is 1. The highest BCUT2D eigenvalue weighted by Gasteiger charge is 2.10. The molecule has 2 rings (SSSR count). The highest BCUT2D eigenvalue weighted by atomic mass is 35.5. The standard InChI is InChI=1S/C11H8ClN3O3/c1-6-2-9(10(16)17)15-11(14-6)18-8-3-7(12)4-13-5-8/h2-5H,1H3,(H,16,17). The molecule has 0 unspecified atom stereocenters. The van der Waals surface area contributed by atoms with Crippen LogP contribution in [0.4, 0.5) is 0 Å². The molecule has 0 aliphatic rings. The molecule has 18 heavy (non-hydrogen) atoms. The van der Waals surface area contributed by atoms with Crippen LogP contribution in [0.1, 0.15) is 16.2 Å². The average Bonchev–Trinajstić information content (AvgIpc) is 2.28. The summed E-state index contributed by atoms with van der Waals surface area (Å²) < 4.78 is 5.30. The van der Waals surface area contributed by atoms with E-state index in [0.717, 1.165) is 0 Å². The Kier molecular flexibility index (Phi) is 3.38. The second-order valence-corrected chi connectivity index (χ2v) is 3.86. The number of carbonyl (C=O) groups is 1. The molecule has 0 spiro atoms. The summed E-state index contributed by atoms with van der Waals surface area (Å²) in [6.45, 7) is 1.65. The van der Waals surface area contributed by atoms with E-state index in [4.69, 9.17) is 21.4 Å². The van der Waals surface area contributed by atoms with Gasteiger partial charge in [0.1, 0.15) is 0 Å². The molecule has 0 radical (unpaired) electrons. The molecule has 0 saturated heterocycles. The monoisotopic (exact) mass is 265 g/mol. The molecular weight excluding hydrogens is 258 g/mol. The third-order valence-corrected chi connectivity index (χ3v) is 2.15. The van der Waals surface area contributed by atoms with Gasteiger partial charge in [0, 0.05) is 18.0 Å². The first-order valence-corrected chi connectivity index (χ1v) is 5.30. The minimum atomic E-state index is -1.14. The van der Waals surface area contributed by atoms with E-state index in [9.17, 15) is 4.79 Å². The van der Waals surface area contributed by atoms with Gasteiger partial charge in [-0.25, -0.2) is 9.78 Å². The van der Waals surface area contributed by atoms with E-state index in [1.807, 2.05) is 0 Å². The molecule has 0 saturated carbocycles. The lowest BCUT2D eigenvalue weighted by atomic mass is 10.3. The Balaban J connectivity index is 2.31. The zero-order chi connectivity index (χ0) is 13.1. The van der Waals surface area contributed by atoms with Crippen molar-refractivity contribution in [2.75, 3.05) is 0 Å². The van der Waals surface area contributed by atoms with Crippen LogP contribution in [-0.4, -0.2) is 26.0 Å². The summed E-state index contributed by atoms with van der Waals surface area (Å²) in [5.41, 5.74) is 0.361. The summed E-state index contributed by atoms with van der Waals surface area (Å²) in [6.07, 6.45) is 2.88. The fourth-order valence-electron chi connectivity index (χ4n) is 1.25. The predicted molar refractivity (Wildman–Crippen MR) is 63.0 cm³/mol. The topological polar surface area (TPSA) is 85.2 Å². The molecule has 0 bridgehead atoms. The molecule has 0 aliphatic carbocycles. The van der Waals surface area contributed by atoms with Gasteiger partial charge >= 0.3 is 12.0 Å². The van der Waals surface area contributed by atoms with Gasteiger partial charge in [0.2, 0.25) is 0 Å². The minimum absolute atomic E-state index is 0.0588. The largest absolute Gasteiger partial charge is 0.477 e. The molecule has 0 fully saturated rings. The summed E-state index contributed by atoms with van der Waals surface area (Å²) in [5, 5.41) is 9.27. The van der Waals surface area contributed by atoms with Gasteiger partial charge in [-0.1, -0.05) is 11.6 Å². The Morgan fingerprint density at radius 2 is 2.11 bits per heavy atom. The number of rotatable bonds is 3. The maximum Gasteiger partial charge on any atom is 0.354 e. The van der Waals surface area contributed by atoms with Gasteiger partial charge in [-0.15, -0.1) is 0 Å². The normalized spacial score (nSPS) is 10.1. The SMILES string of the molecule is Cc1cc(C(=O)O)nc(Oc2cncc(Cl)c2)n1. The number of aromatic nitrogens is 3. The third-order valence-electron chi connectivity index (χ3n) is 1.94. The number of aryl methyl sites for hydroxylation is 1. The number of ether oxygens (including phenoxy) is 1. The molecule has 2 heterocycles. The molecule has 0 aromatic carbocycles. The summed E-state index contributed by atoms with van der Waals surface area (Å²) in [7, 11) is 0. The van der Waals surface area contributed by atoms with Crippen molar-refractivity contribution < 1.29 is 14.6 Å². The predicted octanol–water partition coefficient (Wildman–Crippen LogP) is 2.32. The summed E-state index contributed by atoms with van der Waals surface area (Å²) >= 11 is 5.75. The fraction of sp³-hybridized carbons (Fsp3) is 0.0909. The molecule has 92 valence electrons. The average molecular weight is 266 g/mol. The van der Waals surface area contributed by atoms with E-state index in [1.165, 1.54) is 24.5 Å². The molecule has 7 heteroatoms. The van der Waals surface area contributed by atoms with Crippen molar-refractivity contribution in [3.63, 3.8) is 0 Å². The first-order valence-electron chi connectivity index (χ1n) is 4.92. The van der Waals surface area contributed by atoms with Crippen LogP contribution in [0.2, 0.25) is 5.02 Å². The maximum atomic E-state index is 10.8. The van der Waals surface area contributed by atoms with E-state index in [1.54, 1.807) is 6.92 Å². The Morgan fingerprint density at radius 1 is 1.33 bits per heavy atom. The van der Waals surface area contributed by atoms with E-state index in [0.29, 0.717) is 16.5 Å². The summed E-state index contributed by atoms with van der Waals surface area (Å²) in [6, 6.07) is 2.82. The first kappa shape index (κ1) is 12.3. The lowest BCUT2D eigenvalue weighted by Crippen LogP contribution is -2.04. The first-order chi connectivity index (χ1) is 8.54. The fourth-order valence-corrected chi connectivity index (χ4v) is 1.41. The second-order valence-electron chi connectivity index (χ2n) is 3.42. The van der Waals surface area contributed by atoms with E-state index in [2.05, 4.69) is 15.0 Å². The number of hydrogen-bond donors (Lipinski definition) is 1. The Bertz CT molecular complexity index is 604. The number of pyridine rings is 1. The van der Waals surface area contributed by atoms with Crippen molar-refractivity contribution in [1.29, 1.82) is 0 Å². The zero-order valence-electron chi connectivity index (χ0n) is 9.29. The van der Waals surface area contributed by atoms with Crippen LogP contribution in [-0.2, 0) is 0 Å². The molecule has 2 aromatic heterocycles. The molecule has 0 atom stereocenters. The highest BCUT2D eigenvalue weighted by Crippen LogP contribution is 2.20. The van der Waals surface area contributed by atoms with Crippen molar-refractivity contribution >= 4 is 17.6 Å². The van der Waals surface area contributed by atoms with Gasteiger partial charge in [0.15, 0.2) is 11.4 Å².